The molecule has 0 aliphatic rings. The van der Waals surface area contributed by atoms with Crippen molar-refractivity contribution in [3.63, 3.8) is 0 Å². The van der Waals surface area contributed by atoms with Crippen LogP contribution >= 0.6 is 0 Å². The highest BCUT2D eigenvalue weighted by Gasteiger charge is 2.08. The second-order valence-corrected chi connectivity index (χ2v) is 6.78. The van der Waals surface area contributed by atoms with Gasteiger partial charge in [-0.1, -0.05) is 6.07 Å². The Balaban J connectivity index is 1.31. The Kier molecular flexibility index (Phi) is 4.94. The van der Waals surface area contributed by atoms with E-state index in [2.05, 4.69) is 25.3 Å². The molecular formula is C23H17FN6O. The van der Waals surface area contributed by atoms with Crippen molar-refractivity contribution in [3.8, 4) is 11.4 Å². The predicted molar refractivity (Wildman–Crippen MR) is 115 cm³/mol. The van der Waals surface area contributed by atoms with Gasteiger partial charge >= 0.3 is 0 Å². The molecule has 1 N–H and O–H groups in total. The van der Waals surface area contributed by atoms with Crippen LogP contribution in [-0.4, -0.2) is 24.5 Å². The zero-order valence-electron chi connectivity index (χ0n) is 16.3. The summed E-state index contributed by atoms with van der Waals surface area (Å²) in [5.74, 6) is 0.266. The summed E-state index contributed by atoms with van der Waals surface area (Å²) >= 11 is 0. The fraction of sp³-hybridized carbons (Fsp3) is 0.0435. The Labute approximate surface area is 177 Å². The Hall–Kier alpha value is -4.33. The zero-order valence-corrected chi connectivity index (χ0v) is 16.3. The minimum atomic E-state index is -0.460. The van der Waals surface area contributed by atoms with Crippen LogP contribution in [0, 0.1) is 5.82 Å². The summed E-state index contributed by atoms with van der Waals surface area (Å²) in [5, 5.41) is 3.80. The number of aromatic nitrogens is 5. The van der Waals surface area contributed by atoms with Gasteiger partial charge in [-0.2, -0.15) is 0 Å². The van der Waals surface area contributed by atoms with E-state index >= 15 is 0 Å². The highest BCUT2D eigenvalue weighted by Crippen LogP contribution is 2.24. The van der Waals surface area contributed by atoms with E-state index in [1.165, 1.54) is 6.07 Å². The largest absolute Gasteiger partial charge is 0.487 e. The third-order valence-corrected chi connectivity index (χ3v) is 4.67. The molecule has 0 aliphatic carbocycles. The van der Waals surface area contributed by atoms with Gasteiger partial charge in [0.1, 0.15) is 18.2 Å². The molecule has 0 fully saturated rings. The molecule has 0 atom stereocenters. The Morgan fingerprint density at radius 3 is 2.77 bits per heavy atom. The number of anilines is 2. The van der Waals surface area contributed by atoms with Gasteiger partial charge in [0.25, 0.3) is 0 Å². The second-order valence-electron chi connectivity index (χ2n) is 6.78. The third-order valence-electron chi connectivity index (χ3n) is 4.67. The van der Waals surface area contributed by atoms with Crippen molar-refractivity contribution in [2.24, 2.45) is 0 Å². The summed E-state index contributed by atoms with van der Waals surface area (Å²) in [6, 6.07) is 16.0. The van der Waals surface area contributed by atoms with Gasteiger partial charge in [-0.05, 0) is 42.5 Å². The highest BCUT2D eigenvalue weighted by molar-refractivity contribution is 5.81. The molecule has 5 rings (SSSR count). The van der Waals surface area contributed by atoms with Crippen LogP contribution in [0.4, 0.5) is 16.0 Å². The van der Waals surface area contributed by atoms with Gasteiger partial charge in [0.2, 0.25) is 5.95 Å². The fourth-order valence-corrected chi connectivity index (χ4v) is 3.10. The van der Waals surface area contributed by atoms with Crippen LogP contribution in [0.3, 0.4) is 0 Å². The second kappa shape index (κ2) is 8.19. The highest BCUT2D eigenvalue weighted by atomic mass is 19.1. The molecule has 8 heteroatoms. The molecule has 7 nitrogen and oxygen atoms in total. The normalized spacial score (nSPS) is 10.9. The maximum absolute atomic E-state index is 14.6. The number of benzene rings is 2. The van der Waals surface area contributed by atoms with Gasteiger partial charge in [0.05, 0.1) is 23.2 Å². The lowest BCUT2D eigenvalue weighted by atomic mass is 10.2. The summed E-state index contributed by atoms with van der Waals surface area (Å²) in [7, 11) is 0. The quantitative estimate of drug-likeness (QED) is 0.437. The maximum Gasteiger partial charge on any atom is 0.227 e. The molecule has 5 aromatic rings. The summed E-state index contributed by atoms with van der Waals surface area (Å²) in [5.41, 5.74) is 2.74. The van der Waals surface area contributed by atoms with Crippen LogP contribution in [-0.2, 0) is 6.61 Å². The van der Waals surface area contributed by atoms with E-state index in [4.69, 9.17) is 4.74 Å². The summed E-state index contributed by atoms with van der Waals surface area (Å²) < 4.78 is 22.1. The van der Waals surface area contributed by atoms with Crippen LogP contribution in [0.25, 0.3) is 16.6 Å². The molecule has 0 radical (unpaired) electrons. The minimum absolute atomic E-state index is 0.263. The molecule has 0 spiro atoms. The molecule has 2 aromatic carbocycles. The molecule has 0 bridgehead atoms. The predicted octanol–water partition coefficient (Wildman–Crippen LogP) is 4.67. The lowest BCUT2D eigenvalue weighted by Gasteiger charge is -2.10. The Morgan fingerprint density at radius 2 is 1.97 bits per heavy atom. The molecule has 152 valence electrons. The van der Waals surface area contributed by atoms with Crippen LogP contribution in [0.1, 0.15) is 5.69 Å². The van der Waals surface area contributed by atoms with E-state index in [-0.39, 0.29) is 12.3 Å². The molecule has 0 unspecified atom stereocenters. The zero-order chi connectivity index (χ0) is 21.0. The van der Waals surface area contributed by atoms with Crippen LogP contribution < -0.4 is 10.1 Å². The van der Waals surface area contributed by atoms with Crippen molar-refractivity contribution in [2.75, 3.05) is 5.32 Å². The van der Waals surface area contributed by atoms with Gasteiger partial charge in [-0.3, -0.25) is 4.98 Å². The number of nitrogens with zero attached hydrogens (tertiary/aromatic N) is 5. The Morgan fingerprint density at radius 1 is 1.00 bits per heavy atom. The first-order valence-corrected chi connectivity index (χ1v) is 9.59. The number of fused-ring (bicyclic) bond motifs is 1. The molecule has 31 heavy (non-hydrogen) atoms. The summed E-state index contributed by atoms with van der Waals surface area (Å²) in [6.45, 7) is 0.266. The van der Waals surface area contributed by atoms with Gasteiger partial charge < -0.3 is 14.6 Å². The number of hydrogen-bond acceptors (Lipinski definition) is 6. The summed E-state index contributed by atoms with van der Waals surface area (Å²) in [6.07, 6.45) is 8.70. The molecule has 3 heterocycles. The third kappa shape index (κ3) is 4.18. The van der Waals surface area contributed by atoms with Gasteiger partial charge in [0, 0.05) is 41.9 Å². The van der Waals surface area contributed by atoms with E-state index in [0.29, 0.717) is 11.7 Å². The SMILES string of the molecule is Fc1cc(OCc2ccccn2)ccc1Nc1ncc2cc(-n3ccnc3)ccc2n1. The van der Waals surface area contributed by atoms with E-state index in [1.54, 1.807) is 37.1 Å². The van der Waals surface area contributed by atoms with Gasteiger partial charge in [-0.15, -0.1) is 0 Å². The smallest absolute Gasteiger partial charge is 0.227 e. The molecular weight excluding hydrogens is 395 g/mol. The van der Waals surface area contributed by atoms with Crippen molar-refractivity contribution in [3.05, 3.63) is 97.2 Å². The van der Waals surface area contributed by atoms with Crippen LogP contribution in [0.2, 0.25) is 0 Å². The monoisotopic (exact) mass is 412 g/mol. The van der Waals surface area contributed by atoms with Crippen LogP contribution in [0.15, 0.2) is 85.7 Å². The number of imidazole rings is 1. The lowest BCUT2D eigenvalue weighted by molar-refractivity contribution is 0.300. The van der Waals surface area contributed by atoms with Crippen LogP contribution in [0.5, 0.6) is 5.75 Å². The standard InChI is InChI=1S/C23H17FN6O/c24-20-12-19(31-14-17-3-1-2-8-26-17)5-7-22(20)29-23-27-13-16-11-18(4-6-21(16)28-23)30-10-9-25-15-30/h1-13,15H,14H2,(H,27,28,29). The first kappa shape index (κ1) is 18.7. The van der Waals surface area contributed by atoms with E-state index in [0.717, 1.165) is 22.3 Å². The van der Waals surface area contributed by atoms with Crippen molar-refractivity contribution >= 4 is 22.5 Å². The number of pyridine rings is 1. The summed E-state index contributed by atoms with van der Waals surface area (Å²) in [4.78, 5) is 17.0. The number of nitrogens with one attached hydrogen (secondary N) is 1. The van der Waals surface area contributed by atoms with Gasteiger partial charge in [0.15, 0.2) is 0 Å². The molecule has 0 saturated carbocycles. The molecule has 0 amide bonds. The lowest BCUT2D eigenvalue weighted by Crippen LogP contribution is -2.01. The average Bonchev–Trinajstić information content (AvgIpc) is 3.35. The maximum atomic E-state index is 14.6. The van der Waals surface area contributed by atoms with Crippen molar-refractivity contribution in [1.82, 2.24) is 24.5 Å². The van der Waals surface area contributed by atoms with Crippen molar-refractivity contribution < 1.29 is 9.13 Å². The molecule has 3 aromatic heterocycles. The fourth-order valence-electron chi connectivity index (χ4n) is 3.10. The van der Waals surface area contributed by atoms with Gasteiger partial charge in [-0.25, -0.2) is 19.3 Å². The Bertz CT molecular complexity index is 1330. The first-order valence-electron chi connectivity index (χ1n) is 9.59. The number of hydrogen-bond donors (Lipinski definition) is 1. The minimum Gasteiger partial charge on any atom is -0.487 e. The molecule has 0 saturated heterocycles. The topological polar surface area (TPSA) is 77.8 Å². The van der Waals surface area contributed by atoms with E-state index in [9.17, 15) is 4.39 Å². The number of rotatable bonds is 6. The number of ether oxygens (including phenoxy) is 1. The van der Waals surface area contributed by atoms with Crippen molar-refractivity contribution in [1.29, 1.82) is 0 Å². The number of halogens is 1. The van der Waals surface area contributed by atoms with Crippen molar-refractivity contribution in [2.45, 2.75) is 6.61 Å². The molecule has 0 aliphatic heterocycles. The first-order chi connectivity index (χ1) is 15.2. The van der Waals surface area contributed by atoms with E-state index in [1.807, 2.05) is 47.2 Å². The average molecular weight is 412 g/mol. The van der Waals surface area contributed by atoms with E-state index < -0.39 is 5.82 Å².